The van der Waals surface area contributed by atoms with Crippen molar-refractivity contribution in [1.29, 1.82) is 0 Å². The fourth-order valence-corrected chi connectivity index (χ4v) is 2.78. The summed E-state index contributed by atoms with van der Waals surface area (Å²) >= 11 is 0. The van der Waals surface area contributed by atoms with E-state index in [1.165, 1.54) is 0 Å². The first-order valence-electron chi connectivity index (χ1n) is 8.67. The van der Waals surface area contributed by atoms with Crippen LogP contribution in [0.4, 0.5) is 4.79 Å². The normalized spacial score (nSPS) is 10.6. The minimum Gasteiger partial charge on any atom is -0.497 e. The number of pyridine rings is 1. The van der Waals surface area contributed by atoms with Crippen LogP contribution in [0.2, 0.25) is 0 Å². The van der Waals surface area contributed by atoms with E-state index < -0.39 is 0 Å². The lowest BCUT2D eigenvalue weighted by Gasteiger charge is -2.19. The average molecular weight is 350 g/mol. The highest BCUT2D eigenvalue weighted by molar-refractivity contribution is 5.90. The SMILES string of the molecule is CCN(CC)C(=O)Oc1cc(-c2ccc(OC)cc2)nc2ccccc12. The maximum absolute atomic E-state index is 12.4. The number of ether oxygens (including phenoxy) is 2. The molecular formula is C21H22N2O3. The van der Waals surface area contributed by atoms with Gasteiger partial charge in [0.2, 0.25) is 0 Å². The van der Waals surface area contributed by atoms with Crippen LogP contribution in [0.1, 0.15) is 13.8 Å². The molecule has 3 aromatic rings. The van der Waals surface area contributed by atoms with Gasteiger partial charge >= 0.3 is 6.09 Å². The van der Waals surface area contributed by atoms with Crippen LogP contribution in [-0.4, -0.2) is 36.2 Å². The van der Waals surface area contributed by atoms with Crippen LogP contribution in [0.5, 0.6) is 11.5 Å². The van der Waals surface area contributed by atoms with E-state index in [0.717, 1.165) is 27.9 Å². The number of amides is 1. The lowest BCUT2D eigenvalue weighted by Crippen LogP contribution is -2.33. The van der Waals surface area contributed by atoms with Gasteiger partial charge < -0.3 is 14.4 Å². The quantitative estimate of drug-likeness (QED) is 0.666. The molecule has 0 radical (unpaired) electrons. The Bertz CT molecular complexity index is 903. The van der Waals surface area contributed by atoms with E-state index in [1.807, 2.05) is 68.4 Å². The standard InChI is InChI=1S/C21H22N2O3/c1-4-23(5-2)21(24)26-20-14-19(15-10-12-16(25-3)13-11-15)22-18-9-7-6-8-17(18)20/h6-14H,4-5H2,1-3H3. The number of fused-ring (bicyclic) bond motifs is 1. The number of nitrogens with zero attached hydrogens (tertiary/aromatic N) is 2. The van der Waals surface area contributed by atoms with Crippen molar-refractivity contribution in [3.63, 3.8) is 0 Å². The molecule has 0 N–H and O–H groups in total. The second kappa shape index (κ2) is 7.87. The van der Waals surface area contributed by atoms with Crippen LogP contribution in [0, 0.1) is 0 Å². The first-order chi connectivity index (χ1) is 12.7. The van der Waals surface area contributed by atoms with E-state index in [0.29, 0.717) is 18.8 Å². The Morgan fingerprint density at radius 1 is 1.04 bits per heavy atom. The Hall–Kier alpha value is -3.08. The molecule has 0 saturated carbocycles. The summed E-state index contributed by atoms with van der Waals surface area (Å²) in [6.07, 6.45) is -0.355. The van der Waals surface area contributed by atoms with Gasteiger partial charge in [0.1, 0.15) is 11.5 Å². The lowest BCUT2D eigenvalue weighted by molar-refractivity contribution is 0.158. The van der Waals surface area contributed by atoms with Gasteiger partial charge in [-0.15, -0.1) is 0 Å². The van der Waals surface area contributed by atoms with Crippen LogP contribution in [0.3, 0.4) is 0 Å². The number of hydrogen-bond acceptors (Lipinski definition) is 4. The molecule has 134 valence electrons. The molecule has 0 spiro atoms. The fraction of sp³-hybridized carbons (Fsp3) is 0.238. The highest BCUT2D eigenvalue weighted by atomic mass is 16.6. The van der Waals surface area contributed by atoms with Gasteiger partial charge in [0.05, 0.1) is 18.3 Å². The molecule has 0 aliphatic carbocycles. The molecule has 1 heterocycles. The van der Waals surface area contributed by atoms with Crippen LogP contribution >= 0.6 is 0 Å². The summed E-state index contributed by atoms with van der Waals surface area (Å²) in [6.45, 7) is 5.06. The average Bonchev–Trinajstić information content (AvgIpc) is 2.69. The summed E-state index contributed by atoms with van der Waals surface area (Å²) in [5, 5.41) is 0.810. The van der Waals surface area contributed by atoms with Gasteiger partial charge in [-0.25, -0.2) is 9.78 Å². The summed E-state index contributed by atoms with van der Waals surface area (Å²) in [5.41, 5.74) is 2.45. The topological polar surface area (TPSA) is 51.7 Å². The predicted octanol–water partition coefficient (Wildman–Crippen LogP) is 4.75. The van der Waals surface area contributed by atoms with Crippen molar-refractivity contribution in [2.75, 3.05) is 20.2 Å². The van der Waals surface area contributed by atoms with E-state index in [1.54, 1.807) is 12.0 Å². The molecule has 0 aliphatic heterocycles. The van der Waals surface area contributed by atoms with Gasteiger partial charge in [-0.2, -0.15) is 0 Å². The van der Waals surface area contributed by atoms with E-state index in [4.69, 9.17) is 14.5 Å². The van der Waals surface area contributed by atoms with Gasteiger partial charge in [0.15, 0.2) is 0 Å². The molecule has 0 aliphatic rings. The summed E-state index contributed by atoms with van der Waals surface area (Å²) in [6, 6.07) is 17.1. The number of benzene rings is 2. The first-order valence-corrected chi connectivity index (χ1v) is 8.67. The summed E-state index contributed by atoms with van der Waals surface area (Å²) < 4.78 is 10.9. The van der Waals surface area contributed by atoms with Crippen molar-refractivity contribution < 1.29 is 14.3 Å². The highest BCUT2D eigenvalue weighted by Gasteiger charge is 2.16. The number of carbonyl (C=O) groups excluding carboxylic acids is 1. The zero-order valence-electron chi connectivity index (χ0n) is 15.2. The molecule has 26 heavy (non-hydrogen) atoms. The molecule has 0 bridgehead atoms. The third-order valence-electron chi connectivity index (χ3n) is 4.28. The number of para-hydroxylation sites is 1. The van der Waals surface area contributed by atoms with Gasteiger partial charge in [-0.05, 0) is 50.2 Å². The number of hydrogen-bond donors (Lipinski definition) is 0. The summed E-state index contributed by atoms with van der Waals surface area (Å²) in [4.78, 5) is 18.8. The predicted molar refractivity (Wildman–Crippen MR) is 103 cm³/mol. The number of aromatic nitrogens is 1. The van der Waals surface area contributed by atoms with Crippen molar-refractivity contribution in [3.05, 3.63) is 54.6 Å². The zero-order valence-corrected chi connectivity index (χ0v) is 15.2. The summed E-state index contributed by atoms with van der Waals surface area (Å²) in [7, 11) is 1.63. The van der Waals surface area contributed by atoms with E-state index in [9.17, 15) is 4.79 Å². The van der Waals surface area contributed by atoms with Crippen LogP contribution in [-0.2, 0) is 0 Å². The number of carbonyl (C=O) groups is 1. The van der Waals surface area contributed by atoms with E-state index in [2.05, 4.69) is 0 Å². The third kappa shape index (κ3) is 3.61. The van der Waals surface area contributed by atoms with Crippen LogP contribution in [0.15, 0.2) is 54.6 Å². The lowest BCUT2D eigenvalue weighted by atomic mass is 10.1. The monoisotopic (exact) mass is 350 g/mol. The second-order valence-corrected chi connectivity index (χ2v) is 5.79. The molecule has 0 atom stereocenters. The van der Waals surface area contributed by atoms with Crippen molar-refractivity contribution in [1.82, 2.24) is 9.88 Å². The molecule has 0 fully saturated rings. The molecule has 1 aromatic heterocycles. The number of rotatable bonds is 5. The van der Waals surface area contributed by atoms with E-state index in [-0.39, 0.29) is 6.09 Å². The van der Waals surface area contributed by atoms with Crippen LogP contribution in [0.25, 0.3) is 22.2 Å². The molecule has 5 nitrogen and oxygen atoms in total. The molecular weight excluding hydrogens is 328 g/mol. The molecule has 1 amide bonds. The Morgan fingerprint density at radius 3 is 2.38 bits per heavy atom. The maximum Gasteiger partial charge on any atom is 0.415 e. The van der Waals surface area contributed by atoms with Crippen molar-refractivity contribution in [3.8, 4) is 22.8 Å². The van der Waals surface area contributed by atoms with Crippen molar-refractivity contribution in [2.24, 2.45) is 0 Å². The largest absolute Gasteiger partial charge is 0.497 e. The van der Waals surface area contributed by atoms with Crippen molar-refractivity contribution in [2.45, 2.75) is 13.8 Å². The fourth-order valence-electron chi connectivity index (χ4n) is 2.78. The Kier molecular flexibility index (Phi) is 5.37. The summed E-state index contributed by atoms with van der Waals surface area (Å²) in [5.74, 6) is 1.29. The Labute approximate surface area is 153 Å². The third-order valence-corrected chi connectivity index (χ3v) is 4.28. The van der Waals surface area contributed by atoms with Crippen molar-refractivity contribution >= 4 is 17.0 Å². The van der Waals surface area contributed by atoms with E-state index >= 15 is 0 Å². The number of methoxy groups -OCH3 is 1. The highest BCUT2D eigenvalue weighted by Crippen LogP contribution is 2.31. The molecule has 0 unspecified atom stereocenters. The first kappa shape index (κ1) is 17.7. The van der Waals surface area contributed by atoms with Gasteiger partial charge in [-0.3, -0.25) is 0 Å². The van der Waals surface area contributed by atoms with Crippen LogP contribution < -0.4 is 9.47 Å². The Morgan fingerprint density at radius 2 is 1.73 bits per heavy atom. The molecule has 2 aromatic carbocycles. The smallest absolute Gasteiger partial charge is 0.415 e. The molecule has 0 saturated heterocycles. The van der Waals surface area contributed by atoms with Gasteiger partial charge in [0.25, 0.3) is 0 Å². The minimum atomic E-state index is -0.355. The Balaban J connectivity index is 2.04. The zero-order chi connectivity index (χ0) is 18.5. The molecule has 5 heteroatoms. The maximum atomic E-state index is 12.4. The molecule has 3 rings (SSSR count). The van der Waals surface area contributed by atoms with Gasteiger partial charge in [-0.1, -0.05) is 12.1 Å². The second-order valence-electron chi connectivity index (χ2n) is 5.79. The minimum absolute atomic E-state index is 0.355. The van der Waals surface area contributed by atoms with Gasteiger partial charge in [0, 0.05) is 30.1 Å².